The zero-order valence-corrected chi connectivity index (χ0v) is 42.4. The van der Waals surface area contributed by atoms with Crippen LogP contribution in [0.2, 0.25) is 44.3 Å². The highest BCUT2D eigenvalue weighted by Gasteiger charge is 2.40. The summed E-state index contributed by atoms with van der Waals surface area (Å²) in [5, 5.41) is 3.39. The molecule has 0 saturated heterocycles. The Labute approximate surface area is 381 Å². The molecule has 4 aromatic rings. The predicted octanol–water partition coefficient (Wildman–Crippen LogP) is 11.7. The molecule has 0 aliphatic heterocycles. The van der Waals surface area contributed by atoms with Gasteiger partial charge in [0.05, 0.1) is 11.1 Å². The molecule has 14 heteroatoms. The number of ether oxygens (including phenoxy) is 2. The zero-order chi connectivity index (χ0) is 46.0. The van der Waals surface area contributed by atoms with Gasteiger partial charge in [-0.3, -0.25) is 0 Å². The quantitative estimate of drug-likeness (QED) is 0.0254. The van der Waals surface area contributed by atoms with Gasteiger partial charge in [-0.05, 0) is 141 Å². The second kappa shape index (κ2) is 28.6. The third-order valence-electron chi connectivity index (χ3n) is 10.0. The average Bonchev–Trinajstić information content (AvgIpc) is 3.26. The van der Waals surface area contributed by atoms with Crippen molar-refractivity contribution >= 4 is 48.8 Å². The van der Waals surface area contributed by atoms with Gasteiger partial charge in [-0.15, -0.1) is 0 Å². The first kappa shape index (κ1) is 53.2. The summed E-state index contributed by atoms with van der Waals surface area (Å²) in [6.07, 6.45) is 2.96. The molecule has 0 radical (unpaired) electrons. The number of rotatable bonds is 28. The molecule has 346 valence electrons. The highest BCUT2D eigenvalue weighted by atomic mass is 28.4. The Hall–Kier alpha value is -4.13. The van der Waals surface area contributed by atoms with Gasteiger partial charge in [0.25, 0.3) is 0 Å². The molecule has 63 heavy (non-hydrogen) atoms. The number of carbonyl (C=O) groups is 2. The molecule has 0 unspecified atom stereocenters. The van der Waals surface area contributed by atoms with E-state index in [9.17, 15) is 9.59 Å². The van der Waals surface area contributed by atoms with E-state index in [0.29, 0.717) is 42.4 Å². The van der Waals surface area contributed by atoms with Crippen LogP contribution in [-0.2, 0) is 22.1 Å². The van der Waals surface area contributed by atoms with Crippen molar-refractivity contribution in [1.29, 1.82) is 0 Å². The number of hydrogen-bond acceptors (Lipinski definition) is 11. The van der Waals surface area contributed by atoms with Crippen LogP contribution in [0.5, 0.6) is 11.5 Å². The number of anilines is 2. The lowest BCUT2D eigenvalue weighted by Crippen LogP contribution is -2.46. The van der Waals surface area contributed by atoms with Crippen LogP contribution in [-0.4, -0.2) is 90.0 Å². The van der Waals surface area contributed by atoms with E-state index >= 15 is 0 Å². The summed E-state index contributed by atoms with van der Waals surface area (Å²) in [6, 6.07) is 36.3. The Bertz CT molecular complexity index is 1870. The lowest BCUT2D eigenvalue weighted by molar-refractivity contribution is 0.0705. The van der Waals surface area contributed by atoms with Crippen LogP contribution in [0.4, 0.5) is 11.4 Å². The lowest BCUT2D eigenvalue weighted by Gasteiger charge is -2.31. The molecule has 4 aromatic carbocycles. The van der Waals surface area contributed by atoms with E-state index in [-0.39, 0.29) is 11.9 Å². The molecule has 0 fully saturated rings. The van der Waals surface area contributed by atoms with Crippen LogP contribution < -0.4 is 19.7 Å². The largest absolute Gasteiger partial charge is 0.500 e. The first-order valence-electron chi connectivity index (χ1n) is 22.7. The predicted molar refractivity (Wildman–Crippen MR) is 264 cm³/mol. The first-order valence-corrected chi connectivity index (χ1v) is 30.9. The van der Waals surface area contributed by atoms with E-state index < -0.39 is 25.4 Å². The molecule has 0 aliphatic carbocycles. The monoisotopic (exact) mass is 918 g/mol. The topological polar surface area (TPSA) is 114 Å². The van der Waals surface area contributed by atoms with Crippen LogP contribution in [0.25, 0.3) is 0 Å². The van der Waals surface area contributed by atoms with Crippen LogP contribution in [0.3, 0.4) is 0 Å². The summed E-state index contributed by atoms with van der Waals surface area (Å²) in [5.74, 6) is 0.372. The third kappa shape index (κ3) is 20.5. The lowest BCUT2D eigenvalue weighted by atomic mass is 10.2. The van der Waals surface area contributed by atoms with Crippen LogP contribution >= 0.6 is 0 Å². The van der Waals surface area contributed by atoms with Gasteiger partial charge >= 0.3 is 20.7 Å². The summed E-state index contributed by atoms with van der Waals surface area (Å²) < 4.78 is 41.2. The van der Waals surface area contributed by atoms with E-state index in [1.54, 1.807) is 30.3 Å². The van der Waals surface area contributed by atoms with Crippen molar-refractivity contribution in [1.82, 2.24) is 0 Å². The molecule has 0 spiro atoms. The summed E-state index contributed by atoms with van der Waals surface area (Å²) >= 11 is 0. The maximum absolute atomic E-state index is 12.6. The Balaban J connectivity index is 0.000000365. The van der Waals surface area contributed by atoms with Crippen molar-refractivity contribution in [3.8, 4) is 11.5 Å². The van der Waals surface area contributed by atoms with Crippen molar-refractivity contribution in [2.24, 2.45) is 0 Å². The molecule has 1 N–H and O–H groups in total. The first-order chi connectivity index (χ1) is 30.3. The molecule has 0 bridgehead atoms. The fraction of sp³-hybridized carbons (Fsp3) is 0.469. The van der Waals surface area contributed by atoms with E-state index in [2.05, 4.69) is 56.3 Å². The van der Waals surface area contributed by atoms with Crippen LogP contribution in [0.15, 0.2) is 109 Å². The summed E-state index contributed by atoms with van der Waals surface area (Å²) in [6.45, 7) is 25.0. The van der Waals surface area contributed by atoms with Gasteiger partial charge in [0, 0.05) is 82.2 Å². The van der Waals surface area contributed by atoms with Gasteiger partial charge in [0.2, 0.25) is 0 Å². The fourth-order valence-corrected chi connectivity index (χ4v) is 13.6. The number of nitrogens with zero attached hydrogens (tertiary/aromatic N) is 1. The number of esters is 2. The normalized spacial score (nSPS) is 11.6. The van der Waals surface area contributed by atoms with E-state index in [4.69, 9.17) is 31.6 Å². The molecule has 0 heterocycles. The highest BCUT2D eigenvalue weighted by molar-refractivity contribution is 6.71. The van der Waals surface area contributed by atoms with Crippen LogP contribution in [0, 0.1) is 0 Å². The molecule has 0 aliphatic rings. The number of benzene rings is 4. The molecular weight excluding hydrogens is 845 g/mol. The molecule has 4 rings (SSSR count). The smallest absolute Gasteiger partial charge is 0.423 e. The maximum atomic E-state index is 12.6. The van der Waals surface area contributed by atoms with Gasteiger partial charge in [-0.25, -0.2) is 9.59 Å². The number of carbonyl (C=O) groups excluding carboxylic acids is 2. The number of hydrogen-bond donors (Lipinski definition) is 1. The molecule has 11 nitrogen and oxygen atoms in total. The summed E-state index contributed by atoms with van der Waals surface area (Å²) in [7, 11) is -5.92. The fourth-order valence-electron chi connectivity index (χ4n) is 7.12. The second-order valence-electron chi connectivity index (χ2n) is 16.1. The minimum Gasteiger partial charge on any atom is -0.423 e. The summed E-state index contributed by atoms with van der Waals surface area (Å²) in [5.41, 5.74) is 3.05. The third-order valence-corrected chi connectivity index (χ3v) is 18.4. The molecule has 0 saturated carbocycles. The Kier molecular flexibility index (Phi) is 24.2. The van der Waals surface area contributed by atoms with Crippen molar-refractivity contribution in [3.05, 3.63) is 120 Å². The second-order valence-corrected chi connectivity index (χ2v) is 27.5. The maximum Gasteiger partial charge on any atom is 0.500 e. The number of nitrogens with one attached hydrogen (secondary N) is 1. The van der Waals surface area contributed by atoms with Gasteiger partial charge in [-0.1, -0.05) is 48.5 Å². The van der Waals surface area contributed by atoms with E-state index in [1.165, 1.54) is 0 Å². The van der Waals surface area contributed by atoms with Gasteiger partial charge < -0.3 is 41.8 Å². The molecule has 0 aromatic heterocycles. The Morgan fingerprint density at radius 3 is 1.44 bits per heavy atom. The van der Waals surface area contributed by atoms with Crippen LogP contribution in [0.1, 0.15) is 74.6 Å². The molecule has 0 atom stereocenters. The van der Waals surface area contributed by atoms with Gasteiger partial charge in [0.15, 0.2) is 16.6 Å². The van der Waals surface area contributed by atoms with Crippen molar-refractivity contribution in [2.75, 3.05) is 62.9 Å². The van der Waals surface area contributed by atoms with E-state index in [0.717, 1.165) is 81.6 Å². The van der Waals surface area contributed by atoms with Crippen molar-refractivity contribution in [3.63, 3.8) is 0 Å². The highest BCUT2D eigenvalue weighted by Crippen LogP contribution is 2.26. The summed E-state index contributed by atoms with van der Waals surface area (Å²) in [4.78, 5) is 27.1. The van der Waals surface area contributed by atoms with Crippen molar-refractivity contribution in [2.45, 2.75) is 98.2 Å². The standard InChI is InChI=1S/C29H47NO6Si2.C20H27NO3Si/c1-7-32-37(5,6)23-15-21-30(22-16-24-38(33-8-2,34-9-3)35-10-4)27-19-14-20-28(25-27)36-29(31)26-17-12-11-13-18-26;1-4-23-25(2,3)15-9-14-21-18-12-8-13-19(16-18)24-20(22)17-10-6-5-7-11-17/h11-14,17-20,25H,7-10,15-16,21-24H2,1-6H3;5-8,10-13,16,21H,4,9,14-15H2,1-3H3. The average molecular weight is 919 g/mol. The van der Waals surface area contributed by atoms with Gasteiger partial charge in [-0.2, -0.15) is 0 Å². The molecular formula is C49H74N2O9Si3. The van der Waals surface area contributed by atoms with Gasteiger partial charge in [0.1, 0.15) is 11.5 Å². The SMILES string of the molecule is CCO[Si](C)(C)CCCN(CCC[Si](OCC)(OCC)OCC)c1cccc(OC(=O)c2ccccc2)c1.CCO[Si](C)(C)CCCNc1cccc(OC(=O)c2ccccc2)c1. The Morgan fingerprint density at radius 1 is 0.508 bits per heavy atom. The molecule has 0 amide bonds. The van der Waals surface area contributed by atoms with Crippen molar-refractivity contribution < 1.29 is 41.2 Å². The van der Waals surface area contributed by atoms with E-state index in [1.807, 2.05) is 93.6 Å². The minimum atomic E-state index is -2.71. The minimum absolute atomic E-state index is 0.345. The zero-order valence-electron chi connectivity index (χ0n) is 39.4. The Morgan fingerprint density at radius 2 is 0.952 bits per heavy atom.